The highest BCUT2D eigenvalue weighted by molar-refractivity contribution is 5.57. The van der Waals surface area contributed by atoms with Gasteiger partial charge in [-0.3, -0.25) is 0 Å². The first kappa shape index (κ1) is 8.86. The van der Waals surface area contributed by atoms with Crippen LogP contribution in [0, 0.1) is 0 Å². The summed E-state index contributed by atoms with van der Waals surface area (Å²) in [6.45, 7) is 2.63. The molecular formula is C7H15N5. The maximum Gasteiger partial charge on any atom is 0.145 e. The van der Waals surface area contributed by atoms with Crippen LogP contribution in [0.4, 0.5) is 11.5 Å². The Morgan fingerprint density at radius 2 is 2.25 bits per heavy atom. The van der Waals surface area contributed by atoms with E-state index in [1.54, 1.807) is 10.9 Å². The first-order chi connectivity index (χ1) is 5.66. The number of nitrogen functional groups attached to an aromatic ring is 2. The molecule has 1 unspecified atom stereocenters. The molecule has 0 radical (unpaired) electrons. The molecule has 5 heteroatoms. The zero-order valence-corrected chi connectivity index (χ0v) is 7.20. The van der Waals surface area contributed by atoms with E-state index in [-0.39, 0.29) is 6.04 Å². The number of rotatable bonds is 3. The number of nitrogens with two attached hydrogens (primary N) is 3. The Bertz CT molecular complexity index is 254. The molecule has 0 aliphatic rings. The SMILES string of the molecule is CC(CCN)n1ncc(N)c1N. The lowest BCUT2D eigenvalue weighted by atomic mass is 10.2. The molecule has 68 valence electrons. The third-order valence-electron chi connectivity index (χ3n) is 1.87. The standard InChI is InChI=1S/C7H15N5/c1-5(2-3-8)12-7(10)6(9)4-11-12/h4-5H,2-3,8-10H2,1H3. The number of aromatic nitrogens is 2. The lowest BCUT2D eigenvalue weighted by Crippen LogP contribution is -2.14. The number of hydrogen-bond acceptors (Lipinski definition) is 4. The van der Waals surface area contributed by atoms with Gasteiger partial charge in [0.05, 0.1) is 17.9 Å². The van der Waals surface area contributed by atoms with Crippen molar-refractivity contribution in [2.24, 2.45) is 5.73 Å². The molecule has 1 atom stereocenters. The topological polar surface area (TPSA) is 95.9 Å². The van der Waals surface area contributed by atoms with Gasteiger partial charge in [0.25, 0.3) is 0 Å². The molecule has 1 aromatic heterocycles. The average molecular weight is 169 g/mol. The number of anilines is 2. The van der Waals surface area contributed by atoms with Crippen molar-refractivity contribution < 1.29 is 0 Å². The molecule has 0 aromatic carbocycles. The van der Waals surface area contributed by atoms with E-state index in [4.69, 9.17) is 17.2 Å². The molecule has 5 nitrogen and oxygen atoms in total. The maximum absolute atomic E-state index is 5.67. The van der Waals surface area contributed by atoms with Gasteiger partial charge in [0, 0.05) is 0 Å². The largest absolute Gasteiger partial charge is 0.394 e. The van der Waals surface area contributed by atoms with Gasteiger partial charge in [-0.05, 0) is 19.9 Å². The molecule has 1 rings (SSSR count). The lowest BCUT2D eigenvalue weighted by molar-refractivity contribution is 0.472. The van der Waals surface area contributed by atoms with Crippen molar-refractivity contribution >= 4 is 11.5 Å². The Balaban J connectivity index is 2.80. The molecule has 0 amide bonds. The van der Waals surface area contributed by atoms with E-state index in [1.165, 1.54) is 0 Å². The first-order valence-electron chi connectivity index (χ1n) is 3.95. The van der Waals surface area contributed by atoms with Crippen LogP contribution in [0.15, 0.2) is 6.20 Å². The normalized spacial score (nSPS) is 13.2. The highest BCUT2D eigenvalue weighted by Crippen LogP contribution is 2.19. The van der Waals surface area contributed by atoms with Gasteiger partial charge in [-0.15, -0.1) is 0 Å². The zero-order chi connectivity index (χ0) is 9.14. The van der Waals surface area contributed by atoms with Gasteiger partial charge in [0.1, 0.15) is 5.82 Å². The summed E-state index contributed by atoms with van der Waals surface area (Å²) in [5.41, 5.74) is 17.1. The van der Waals surface area contributed by atoms with E-state index < -0.39 is 0 Å². The molecule has 1 heterocycles. The number of nitrogens with zero attached hydrogens (tertiary/aromatic N) is 2. The minimum Gasteiger partial charge on any atom is -0.394 e. The van der Waals surface area contributed by atoms with Crippen molar-refractivity contribution in [2.75, 3.05) is 18.0 Å². The Labute approximate surface area is 71.5 Å². The minimum absolute atomic E-state index is 0.215. The molecule has 0 saturated carbocycles. The Morgan fingerprint density at radius 3 is 2.67 bits per heavy atom. The fourth-order valence-electron chi connectivity index (χ4n) is 1.10. The summed E-state index contributed by atoms with van der Waals surface area (Å²) in [4.78, 5) is 0. The van der Waals surface area contributed by atoms with Gasteiger partial charge in [-0.2, -0.15) is 5.10 Å². The molecule has 6 N–H and O–H groups in total. The molecule has 0 bridgehead atoms. The maximum atomic E-state index is 5.67. The van der Waals surface area contributed by atoms with Crippen LogP contribution in [0.1, 0.15) is 19.4 Å². The first-order valence-corrected chi connectivity index (χ1v) is 3.95. The van der Waals surface area contributed by atoms with Gasteiger partial charge in [0.15, 0.2) is 0 Å². The van der Waals surface area contributed by atoms with E-state index in [9.17, 15) is 0 Å². The Morgan fingerprint density at radius 1 is 1.58 bits per heavy atom. The molecule has 0 fully saturated rings. The fourth-order valence-corrected chi connectivity index (χ4v) is 1.10. The van der Waals surface area contributed by atoms with Crippen molar-refractivity contribution in [3.8, 4) is 0 Å². The second-order valence-corrected chi connectivity index (χ2v) is 2.86. The van der Waals surface area contributed by atoms with Crippen LogP contribution in [0.25, 0.3) is 0 Å². The zero-order valence-electron chi connectivity index (χ0n) is 7.20. The third kappa shape index (κ3) is 1.50. The van der Waals surface area contributed by atoms with Crippen LogP contribution in [-0.2, 0) is 0 Å². The van der Waals surface area contributed by atoms with Gasteiger partial charge >= 0.3 is 0 Å². The van der Waals surface area contributed by atoms with Crippen LogP contribution in [0.5, 0.6) is 0 Å². The highest BCUT2D eigenvalue weighted by Gasteiger charge is 2.09. The molecular weight excluding hydrogens is 154 g/mol. The summed E-state index contributed by atoms with van der Waals surface area (Å²) in [7, 11) is 0. The summed E-state index contributed by atoms with van der Waals surface area (Å²) in [5, 5.41) is 4.04. The van der Waals surface area contributed by atoms with Crippen LogP contribution < -0.4 is 17.2 Å². The second-order valence-electron chi connectivity index (χ2n) is 2.86. The predicted octanol–water partition coefficient (Wildman–Crippen LogP) is -0.0427. The highest BCUT2D eigenvalue weighted by atomic mass is 15.3. The fraction of sp³-hybridized carbons (Fsp3) is 0.571. The molecule has 0 aliphatic heterocycles. The predicted molar refractivity (Wildman–Crippen MR) is 49.4 cm³/mol. The van der Waals surface area contributed by atoms with Crippen LogP contribution >= 0.6 is 0 Å². The summed E-state index contributed by atoms with van der Waals surface area (Å²) >= 11 is 0. The van der Waals surface area contributed by atoms with E-state index >= 15 is 0 Å². The second kappa shape index (κ2) is 3.44. The monoisotopic (exact) mass is 169 g/mol. The quantitative estimate of drug-likeness (QED) is 0.591. The molecule has 0 spiro atoms. The van der Waals surface area contributed by atoms with Crippen molar-refractivity contribution in [1.29, 1.82) is 0 Å². The lowest BCUT2D eigenvalue weighted by Gasteiger charge is -2.12. The van der Waals surface area contributed by atoms with E-state index in [0.29, 0.717) is 18.1 Å². The average Bonchev–Trinajstić information content (AvgIpc) is 2.34. The molecule has 12 heavy (non-hydrogen) atoms. The van der Waals surface area contributed by atoms with Crippen molar-refractivity contribution in [2.45, 2.75) is 19.4 Å². The molecule has 0 saturated heterocycles. The summed E-state index contributed by atoms with van der Waals surface area (Å²) < 4.78 is 1.70. The Hall–Kier alpha value is -1.23. The third-order valence-corrected chi connectivity index (χ3v) is 1.87. The van der Waals surface area contributed by atoms with Gasteiger partial charge in [-0.1, -0.05) is 0 Å². The van der Waals surface area contributed by atoms with Crippen LogP contribution in [0.3, 0.4) is 0 Å². The molecule has 1 aromatic rings. The van der Waals surface area contributed by atoms with Gasteiger partial charge in [-0.25, -0.2) is 4.68 Å². The van der Waals surface area contributed by atoms with E-state index in [0.717, 1.165) is 6.42 Å². The smallest absolute Gasteiger partial charge is 0.145 e. The Kier molecular flexibility index (Phi) is 2.54. The van der Waals surface area contributed by atoms with Gasteiger partial charge < -0.3 is 17.2 Å². The van der Waals surface area contributed by atoms with E-state index in [1.807, 2.05) is 6.92 Å². The van der Waals surface area contributed by atoms with E-state index in [2.05, 4.69) is 5.10 Å². The van der Waals surface area contributed by atoms with Crippen molar-refractivity contribution in [3.05, 3.63) is 6.20 Å². The molecule has 0 aliphatic carbocycles. The van der Waals surface area contributed by atoms with Gasteiger partial charge in [0.2, 0.25) is 0 Å². The van der Waals surface area contributed by atoms with Crippen molar-refractivity contribution in [3.63, 3.8) is 0 Å². The summed E-state index contributed by atoms with van der Waals surface area (Å²) in [6.07, 6.45) is 2.41. The van der Waals surface area contributed by atoms with Crippen molar-refractivity contribution in [1.82, 2.24) is 9.78 Å². The van der Waals surface area contributed by atoms with Crippen LogP contribution in [0.2, 0.25) is 0 Å². The summed E-state index contributed by atoms with van der Waals surface area (Å²) in [5.74, 6) is 0.524. The van der Waals surface area contributed by atoms with Crippen LogP contribution in [-0.4, -0.2) is 16.3 Å². The minimum atomic E-state index is 0.215. The number of hydrogen-bond donors (Lipinski definition) is 3. The summed E-state index contributed by atoms with van der Waals surface area (Å²) in [6, 6.07) is 0.215.